The lowest BCUT2D eigenvalue weighted by atomic mass is 10.0. The Morgan fingerprint density at radius 3 is 2.74 bits per heavy atom. The zero-order valence-electron chi connectivity index (χ0n) is 11.8. The topological polar surface area (TPSA) is 32.3 Å². The maximum Gasteiger partial charge on any atom is 0.0610 e. The van der Waals surface area contributed by atoms with Crippen LogP contribution >= 0.6 is 23.4 Å². The Balaban J connectivity index is 2.31. The average molecular weight is 302 g/mol. The normalized spacial score (nSPS) is 14.3. The van der Waals surface area contributed by atoms with Gasteiger partial charge in [0.15, 0.2) is 0 Å². The molecular weight excluding hydrogens is 278 g/mol. The van der Waals surface area contributed by atoms with Gasteiger partial charge < -0.3 is 10.4 Å². The molecule has 1 atom stereocenters. The Morgan fingerprint density at radius 2 is 2.11 bits per heavy atom. The van der Waals surface area contributed by atoms with E-state index in [-0.39, 0.29) is 12.1 Å². The fraction of sp³-hybridized carbons (Fsp3) is 0.600. The van der Waals surface area contributed by atoms with Gasteiger partial charge in [-0.2, -0.15) is 11.8 Å². The molecule has 0 amide bonds. The lowest BCUT2D eigenvalue weighted by molar-refractivity contribution is 0.171. The van der Waals surface area contributed by atoms with Gasteiger partial charge in [-0.3, -0.25) is 0 Å². The summed E-state index contributed by atoms with van der Waals surface area (Å²) in [6.45, 7) is 5.35. The van der Waals surface area contributed by atoms with Gasteiger partial charge in [0.2, 0.25) is 0 Å². The highest BCUT2D eigenvalue weighted by Crippen LogP contribution is 2.22. The molecule has 0 aliphatic heterocycles. The van der Waals surface area contributed by atoms with Crippen LogP contribution in [0.15, 0.2) is 24.3 Å². The third-order valence-electron chi connectivity index (χ3n) is 3.16. The number of halogens is 1. The zero-order chi connectivity index (χ0) is 14.1. The first-order chi connectivity index (χ1) is 9.11. The summed E-state index contributed by atoms with van der Waals surface area (Å²) >= 11 is 7.98. The first kappa shape index (κ1) is 16.8. The van der Waals surface area contributed by atoms with E-state index in [4.69, 9.17) is 11.6 Å². The summed E-state index contributed by atoms with van der Waals surface area (Å²) in [6, 6.07) is 7.96. The van der Waals surface area contributed by atoms with Crippen molar-refractivity contribution in [1.82, 2.24) is 5.32 Å². The monoisotopic (exact) mass is 301 g/mol. The van der Waals surface area contributed by atoms with Crippen molar-refractivity contribution in [2.24, 2.45) is 0 Å². The van der Waals surface area contributed by atoms with Gasteiger partial charge >= 0.3 is 0 Å². The molecule has 0 radical (unpaired) electrons. The lowest BCUT2D eigenvalue weighted by Crippen LogP contribution is -2.46. The quantitative estimate of drug-likeness (QED) is 0.682. The van der Waals surface area contributed by atoms with Crippen LogP contribution in [0.4, 0.5) is 0 Å². The van der Waals surface area contributed by atoms with Gasteiger partial charge in [0, 0.05) is 16.3 Å². The van der Waals surface area contributed by atoms with Crippen LogP contribution < -0.4 is 5.32 Å². The smallest absolute Gasteiger partial charge is 0.0610 e. The standard InChI is InChI=1S/C15H24ClNOS/c1-3-9-17-15(2,12-18)8-10-19-11-13-6-4-5-7-14(13)16/h4-7,17-18H,3,8-12H2,1-2H3. The molecule has 2 nitrogen and oxygen atoms in total. The predicted molar refractivity (Wildman–Crippen MR) is 86.0 cm³/mol. The SMILES string of the molecule is CCCNC(C)(CO)CCSCc1ccccc1Cl. The number of aliphatic hydroxyl groups is 1. The zero-order valence-corrected chi connectivity index (χ0v) is 13.4. The van der Waals surface area contributed by atoms with Crippen LogP contribution in [0, 0.1) is 0 Å². The van der Waals surface area contributed by atoms with Gasteiger partial charge in [0.05, 0.1) is 6.61 Å². The number of hydrogen-bond donors (Lipinski definition) is 2. The molecule has 0 spiro atoms. The Hall–Kier alpha value is -0.220. The molecule has 0 saturated heterocycles. The van der Waals surface area contributed by atoms with Crippen molar-refractivity contribution in [2.45, 2.75) is 38.0 Å². The number of aliphatic hydroxyl groups excluding tert-OH is 1. The van der Waals surface area contributed by atoms with Crippen molar-refractivity contribution < 1.29 is 5.11 Å². The predicted octanol–water partition coefficient (Wildman–Crippen LogP) is 3.71. The Kier molecular flexibility index (Phi) is 7.84. The summed E-state index contributed by atoms with van der Waals surface area (Å²) in [5.74, 6) is 1.94. The second kappa shape index (κ2) is 8.85. The van der Waals surface area contributed by atoms with Crippen LogP contribution in [0.2, 0.25) is 5.02 Å². The molecule has 0 bridgehead atoms. The summed E-state index contributed by atoms with van der Waals surface area (Å²) in [7, 11) is 0. The molecule has 2 N–H and O–H groups in total. The number of thioether (sulfide) groups is 1. The second-order valence-electron chi connectivity index (χ2n) is 5.04. The summed E-state index contributed by atoms with van der Waals surface area (Å²) in [5, 5.41) is 13.7. The molecule has 0 fully saturated rings. The second-order valence-corrected chi connectivity index (χ2v) is 6.55. The number of hydrogen-bond acceptors (Lipinski definition) is 3. The number of benzene rings is 1. The summed E-state index contributed by atoms with van der Waals surface area (Å²) < 4.78 is 0. The molecule has 0 aromatic heterocycles. The van der Waals surface area contributed by atoms with Gasteiger partial charge in [0.25, 0.3) is 0 Å². The third kappa shape index (κ3) is 6.17. The van der Waals surface area contributed by atoms with E-state index < -0.39 is 0 Å². The molecule has 1 rings (SSSR count). The van der Waals surface area contributed by atoms with Crippen molar-refractivity contribution in [3.05, 3.63) is 34.9 Å². The van der Waals surface area contributed by atoms with E-state index in [0.29, 0.717) is 0 Å². The van der Waals surface area contributed by atoms with Gasteiger partial charge in [-0.25, -0.2) is 0 Å². The highest BCUT2D eigenvalue weighted by atomic mass is 35.5. The first-order valence-electron chi connectivity index (χ1n) is 6.78. The van der Waals surface area contributed by atoms with Crippen molar-refractivity contribution in [3.63, 3.8) is 0 Å². The summed E-state index contributed by atoms with van der Waals surface area (Å²) in [5.41, 5.74) is 1.02. The minimum atomic E-state index is -0.163. The number of nitrogens with one attached hydrogen (secondary N) is 1. The third-order valence-corrected chi connectivity index (χ3v) is 4.54. The van der Waals surface area contributed by atoms with Crippen LogP contribution in [-0.4, -0.2) is 29.5 Å². The van der Waals surface area contributed by atoms with Crippen LogP contribution in [0.25, 0.3) is 0 Å². The average Bonchev–Trinajstić information content (AvgIpc) is 2.43. The molecule has 4 heteroatoms. The van der Waals surface area contributed by atoms with Crippen molar-refractivity contribution in [2.75, 3.05) is 18.9 Å². The van der Waals surface area contributed by atoms with Crippen LogP contribution in [0.3, 0.4) is 0 Å². The van der Waals surface area contributed by atoms with Crippen molar-refractivity contribution >= 4 is 23.4 Å². The molecule has 108 valence electrons. The van der Waals surface area contributed by atoms with E-state index >= 15 is 0 Å². The molecule has 1 aromatic carbocycles. The van der Waals surface area contributed by atoms with E-state index in [0.717, 1.165) is 35.9 Å². The summed E-state index contributed by atoms with van der Waals surface area (Å²) in [4.78, 5) is 0. The molecule has 0 heterocycles. The Morgan fingerprint density at radius 1 is 1.37 bits per heavy atom. The minimum Gasteiger partial charge on any atom is -0.394 e. The van der Waals surface area contributed by atoms with Gasteiger partial charge in [-0.15, -0.1) is 0 Å². The van der Waals surface area contributed by atoms with E-state index in [1.807, 2.05) is 30.0 Å². The van der Waals surface area contributed by atoms with Crippen LogP contribution in [0.5, 0.6) is 0 Å². The maximum atomic E-state index is 9.48. The Labute approximate surface area is 125 Å². The highest BCUT2D eigenvalue weighted by Gasteiger charge is 2.21. The molecule has 0 aliphatic rings. The molecule has 1 aromatic rings. The largest absolute Gasteiger partial charge is 0.394 e. The molecule has 0 aliphatic carbocycles. The minimum absolute atomic E-state index is 0.163. The van der Waals surface area contributed by atoms with Crippen molar-refractivity contribution in [3.8, 4) is 0 Å². The van der Waals surface area contributed by atoms with Gasteiger partial charge in [-0.1, -0.05) is 36.7 Å². The summed E-state index contributed by atoms with van der Waals surface area (Å²) in [6.07, 6.45) is 2.04. The van der Waals surface area contributed by atoms with Gasteiger partial charge in [0.1, 0.15) is 0 Å². The van der Waals surface area contributed by atoms with E-state index in [1.165, 1.54) is 5.56 Å². The van der Waals surface area contributed by atoms with E-state index in [2.05, 4.69) is 25.2 Å². The molecule has 0 saturated carbocycles. The number of rotatable bonds is 9. The highest BCUT2D eigenvalue weighted by molar-refractivity contribution is 7.98. The maximum absolute atomic E-state index is 9.48. The first-order valence-corrected chi connectivity index (χ1v) is 8.31. The Bertz CT molecular complexity index is 375. The van der Waals surface area contributed by atoms with E-state index in [1.54, 1.807) is 0 Å². The van der Waals surface area contributed by atoms with Crippen molar-refractivity contribution in [1.29, 1.82) is 0 Å². The fourth-order valence-corrected chi connectivity index (χ4v) is 3.24. The fourth-order valence-electron chi connectivity index (χ4n) is 1.75. The van der Waals surface area contributed by atoms with Gasteiger partial charge in [-0.05, 0) is 43.7 Å². The lowest BCUT2D eigenvalue weighted by Gasteiger charge is -2.28. The molecule has 1 unspecified atom stereocenters. The van der Waals surface area contributed by atoms with E-state index in [9.17, 15) is 5.11 Å². The molecular formula is C15H24ClNOS. The van der Waals surface area contributed by atoms with Crippen LogP contribution in [0.1, 0.15) is 32.3 Å². The van der Waals surface area contributed by atoms with Crippen LogP contribution in [-0.2, 0) is 5.75 Å². The molecule has 19 heavy (non-hydrogen) atoms.